The van der Waals surface area contributed by atoms with Crippen LogP contribution in [0.15, 0.2) is 74.0 Å². The van der Waals surface area contributed by atoms with Crippen LogP contribution in [0.5, 0.6) is 5.75 Å². The Balaban J connectivity index is 1.62. The van der Waals surface area contributed by atoms with Crippen LogP contribution >= 0.6 is 0 Å². The second kappa shape index (κ2) is 7.63. The third-order valence-corrected chi connectivity index (χ3v) is 4.75. The Labute approximate surface area is 172 Å². The van der Waals surface area contributed by atoms with E-state index in [9.17, 15) is 0 Å². The number of hydrogen-bond acceptors (Lipinski definition) is 6. The number of ether oxygens (including phenoxy) is 1. The summed E-state index contributed by atoms with van der Waals surface area (Å²) in [7, 11) is 1.65. The van der Waals surface area contributed by atoms with Gasteiger partial charge in [-0.05, 0) is 18.2 Å². The molecule has 0 atom stereocenters. The van der Waals surface area contributed by atoms with E-state index >= 15 is 0 Å². The van der Waals surface area contributed by atoms with Crippen molar-refractivity contribution in [3.05, 3.63) is 79.5 Å². The fourth-order valence-electron chi connectivity index (χ4n) is 3.39. The summed E-state index contributed by atoms with van der Waals surface area (Å²) in [4.78, 5) is 20.9. The molecular formula is C21H18N8O. The summed E-state index contributed by atoms with van der Waals surface area (Å²) in [5.74, 6) is 2.22. The molecule has 0 radical (unpaired) electrons. The second-order valence-corrected chi connectivity index (χ2v) is 6.57. The molecule has 0 unspecified atom stereocenters. The van der Waals surface area contributed by atoms with E-state index in [1.54, 1.807) is 36.7 Å². The lowest BCUT2D eigenvalue weighted by atomic mass is 10.1. The molecule has 5 rings (SSSR count). The van der Waals surface area contributed by atoms with Crippen molar-refractivity contribution < 1.29 is 4.74 Å². The molecule has 0 aliphatic carbocycles. The molecule has 0 saturated heterocycles. The van der Waals surface area contributed by atoms with Crippen LogP contribution in [-0.2, 0) is 6.54 Å². The van der Waals surface area contributed by atoms with Crippen molar-refractivity contribution in [1.82, 2.24) is 39.3 Å². The van der Waals surface area contributed by atoms with Crippen molar-refractivity contribution in [2.75, 3.05) is 7.11 Å². The van der Waals surface area contributed by atoms with Crippen LogP contribution in [0.3, 0.4) is 0 Å². The van der Waals surface area contributed by atoms with E-state index in [1.165, 1.54) is 6.33 Å². The highest BCUT2D eigenvalue weighted by Crippen LogP contribution is 2.31. The van der Waals surface area contributed by atoms with E-state index in [0.29, 0.717) is 6.54 Å². The van der Waals surface area contributed by atoms with Crippen molar-refractivity contribution in [2.45, 2.75) is 6.54 Å². The van der Waals surface area contributed by atoms with E-state index in [1.807, 2.05) is 47.3 Å². The van der Waals surface area contributed by atoms with Crippen molar-refractivity contribution in [1.29, 1.82) is 0 Å². The third kappa shape index (κ3) is 3.22. The Hall–Kier alpha value is -4.27. The number of nitrogens with zero attached hydrogens (tertiary/aromatic N) is 7. The average molecular weight is 398 g/mol. The summed E-state index contributed by atoms with van der Waals surface area (Å²) in [6, 6.07) is 11.7. The Morgan fingerprint density at radius 1 is 1.03 bits per heavy atom. The Kier molecular flexibility index (Phi) is 4.53. The zero-order valence-electron chi connectivity index (χ0n) is 16.2. The molecule has 5 aromatic rings. The standard InChI is InChI=1S/C21H18N8O/c1-30-17-6-2-4-15(10-17)18-19(20-23-8-9-24-20)28(14-26-18)11-16-5-3-7-25-21(16)29-13-22-12-27-29/h2-10,12-14H,11H2,1H3,(H,23,24). The molecule has 4 heterocycles. The molecule has 9 heteroatoms. The fraction of sp³-hybridized carbons (Fsp3) is 0.0952. The monoisotopic (exact) mass is 398 g/mol. The van der Waals surface area contributed by atoms with Gasteiger partial charge in [-0.3, -0.25) is 0 Å². The Morgan fingerprint density at radius 2 is 2.00 bits per heavy atom. The lowest BCUT2D eigenvalue weighted by molar-refractivity contribution is 0.415. The van der Waals surface area contributed by atoms with E-state index < -0.39 is 0 Å². The van der Waals surface area contributed by atoms with Crippen LogP contribution in [-0.4, -0.2) is 46.4 Å². The number of benzene rings is 1. The van der Waals surface area contributed by atoms with Crippen molar-refractivity contribution in [3.8, 4) is 34.3 Å². The summed E-state index contributed by atoms with van der Waals surface area (Å²) in [5.41, 5.74) is 3.62. The molecule has 9 nitrogen and oxygen atoms in total. The molecular weight excluding hydrogens is 380 g/mol. The molecule has 0 spiro atoms. The highest BCUT2D eigenvalue weighted by Gasteiger charge is 2.19. The van der Waals surface area contributed by atoms with Crippen LogP contribution in [0.1, 0.15) is 5.56 Å². The number of methoxy groups -OCH3 is 1. The Bertz CT molecular complexity index is 1260. The molecule has 0 saturated carbocycles. The maximum Gasteiger partial charge on any atom is 0.160 e. The quantitative estimate of drug-likeness (QED) is 0.472. The first-order chi connectivity index (χ1) is 14.8. The molecule has 4 aromatic heterocycles. The molecule has 0 fully saturated rings. The molecule has 0 amide bonds. The number of rotatable bonds is 6. The molecule has 148 valence electrons. The topological polar surface area (TPSA) is 99.3 Å². The average Bonchev–Trinajstić information content (AvgIpc) is 3.55. The van der Waals surface area contributed by atoms with Crippen LogP contribution in [0.25, 0.3) is 28.6 Å². The van der Waals surface area contributed by atoms with Gasteiger partial charge in [0.15, 0.2) is 11.6 Å². The normalized spacial score (nSPS) is 11.0. The van der Waals surface area contributed by atoms with E-state index in [0.717, 1.165) is 39.9 Å². The minimum absolute atomic E-state index is 0.538. The predicted molar refractivity (Wildman–Crippen MR) is 110 cm³/mol. The summed E-state index contributed by atoms with van der Waals surface area (Å²) in [5, 5.41) is 4.22. The van der Waals surface area contributed by atoms with Crippen LogP contribution < -0.4 is 4.74 Å². The minimum atomic E-state index is 0.538. The first-order valence-corrected chi connectivity index (χ1v) is 9.31. The van der Waals surface area contributed by atoms with Crippen LogP contribution in [0, 0.1) is 0 Å². The lowest BCUT2D eigenvalue weighted by Gasteiger charge is -2.12. The molecule has 0 aliphatic heterocycles. The zero-order chi connectivity index (χ0) is 20.3. The number of aromatic amines is 1. The maximum absolute atomic E-state index is 5.38. The van der Waals surface area contributed by atoms with Gasteiger partial charge >= 0.3 is 0 Å². The number of hydrogen-bond donors (Lipinski definition) is 1. The number of imidazole rings is 2. The van der Waals surface area contributed by atoms with Gasteiger partial charge in [0.1, 0.15) is 24.1 Å². The first kappa shape index (κ1) is 17.8. The summed E-state index contributed by atoms with van der Waals surface area (Å²) >= 11 is 0. The summed E-state index contributed by atoms with van der Waals surface area (Å²) in [6.45, 7) is 0.538. The van der Waals surface area contributed by atoms with Gasteiger partial charge in [-0.25, -0.2) is 24.6 Å². The van der Waals surface area contributed by atoms with Gasteiger partial charge in [-0.2, -0.15) is 5.10 Å². The second-order valence-electron chi connectivity index (χ2n) is 6.57. The highest BCUT2D eigenvalue weighted by atomic mass is 16.5. The van der Waals surface area contributed by atoms with E-state index in [4.69, 9.17) is 9.72 Å². The first-order valence-electron chi connectivity index (χ1n) is 9.31. The maximum atomic E-state index is 5.38. The third-order valence-electron chi connectivity index (χ3n) is 4.75. The SMILES string of the molecule is COc1cccc(-c2ncn(Cc3cccnc3-n3cncn3)c2-c2ncc[nH]2)c1. The van der Waals surface area contributed by atoms with Gasteiger partial charge in [0.2, 0.25) is 0 Å². The van der Waals surface area contributed by atoms with Gasteiger partial charge in [0.05, 0.1) is 25.7 Å². The van der Waals surface area contributed by atoms with Gasteiger partial charge in [0, 0.05) is 29.7 Å². The zero-order valence-corrected chi connectivity index (χ0v) is 16.2. The molecule has 30 heavy (non-hydrogen) atoms. The van der Waals surface area contributed by atoms with Crippen LogP contribution in [0.4, 0.5) is 0 Å². The molecule has 1 aromatic carbocycles. The summed E-state index contributed by atoms with van der Waals surface area (Å²) in [6.07, 6.45) is 10.2. The van der Waals surface area contributed by atoms with Crippen molar-refractivity contribution >= 4 is 0 Å². The van der Waals surface area contributed by atoms with Gasteiger partial charge in [0.25, 0.3) is 0 Å². The smallest absolute Gasteiger partial charge is 0.160 e. The lowest BCUT2D eigenvalue weighted by Crippen LogP contribution is -2.08. The predicted octanol–water partition coefficient (Wildman–Crippen LogP) is 2.97. The Morgan fingerprint density at radius 3 is 2.80 bits per heavy atom. The number of aromatic nitrogens is 8. The van der Waals surface area contributed by atoms with Gasteiger partial charge in [-0.15, -0.1) is 0 Å². The largest absolute Gasteiger partial charge is 0.497 e. The van der Waals surface area contributed by atoms with E-state index in [-0.39, 0.29) is 0 Å². The van der Waals surface area contributed by atoms with E-state index in [2.05, 4.69) is 25.0 Å². The van der Waals surface area contributed by atoms with Gasteiger partial charge < -0.3 is 14.3 Å². The molecule has 0 bridgehead atoms. The number of H-pyrrole nitrogens is 1. The number of nitrogens with one attached hydrogen (secondary N) is 1. The van der Waals surface area contributed by atoms with Crippen molar-refractivity contribution in [3.63, 3.8) is 0 Å². The molecule has 0 aliphatic rings. The minimum Gasteiger partial charge on any atom is -0.497 e. The number of pyridine rings is 1. The fourth-order valence-corrected chi connectivity index (χ4v) is 3.39. The van der Waals surface area contributed by atoms with Crippen molar-refractivity contribution in [2.24, 2.45) is 0 Å². The van der Waals surface area contributed by atoms with Gasteiger partial charge in [-0.1, -0.05) is 18.2 Å². The molecule has 1 N–H and O–H groups in total. The summed E-state index contributed by atoms with van der Waals surface area (Å²) < 4.78 is 9.09. The highest BCUT2D eigenvalue weighted by molar-refractivity contribution is 5.76. The van der Waals surface area contributed by atoms with Crippen LogP contribution in [0.2, 0.25) is 0 Å².